The Labute approximate surface area is 122 Å². The highest BCUT2D eigenvalue weighted by molar-refractivity contribution is 7.88. The molecule has 2 rings (SSSR count). The average Bonchev–Trinajstić information content (AvgIpc) is 2.44. The van der Waals surface area contributed by atoms with Gasteiger partial charge in [0.05, 0.1) is 12.4 Å². The molecule has 5 nitrogen and oxygen atoms in total. The molecule has 1 fully saturated rings. The van der Waals surface area contributed by atoms with Crippen molar-refractivity contribution in [3.05, 3.63) is 35.4 Å². The molecule has 1 saturated heterocycles. The summed E-state index contributed by atoms with van der Waals surface area (Å²) in [5.74, 6) is -2.37. The molecule has 0 aromatic heterocycles. The largest absolute Gasteiger partial charge is 0.395 e. The van der Waals surface area contributed by atoms with Crippen LogP contribution < -0.4 is 0 Å². The van der Waals surface area contributed by atoms with Crippen LogP contribution in [0.3, 0.4) is 0 Å². The van der Waals surface area contributed by atoms with E-state index in [1.165, 1.54) is 10.4 Å². The third kappa shape index (κ3) is 3.97. The van der Waals surface area contributed by atoms with E-state index in [1.54, 1.807) is 0 Å². The molecular weight excluding hydrogens is 302 g/mol. The first-order valence-corrected chi connectivity index (χ1v) is 8.29. The average molecular weight is 320 g/mol. The summed E-state index contributed by atoms with van der Waals surface area (Å²) < 4.78 is 52.8. The predicted molar refractivity (Wildman–Crippen MR) is 74.1 cm³/mol. The van der Waals surface area contributed by atoms with E-state index in [0.29, 0.717) is 19.6 Å². The van der Waals surface area contributed by atoms with E-state index in [1.807, 2.05) is 4.90 Å². The van der Waals surface area contributed by atoms with Crippen LogP contribution in [0.5, 0.6) is 0 Å². The van der Waals surface area contributed by atoms with E-state index in [9.17, 15) is 17.2 Å². The number of nitrogens with zero attached hydrogens (tertiary/aromatic N) is 2. The maximum Gasteiger partial charge on any atom is 0.218 e. The van der Waals surface area contributed by atoms with Crippen LogP contribution in [0.2, 0.25) is 0 Å². The summed E-state index contributed by atoms with van der Waals surface area (Å²) in [5, 5.41) is 8.84. The number of β-amino-alcohol motifs (C(OH)–C–C–N with tert-alkyl or cyclic N) is 1. The number of rotatable bonds is 5. The highest BCUT2D eigenvalue weighted by Crippen LogP contribution is 2.18. The lowest BCUT2D eigenvalue weighted by molar-refractivity contribution is 0.151. The SMILES string of the molecule is O=S(=O)(Cc1c(F)cccc1F)N1CCN(CCO)CC1. The van der Waals surface area contributed by atoms with Gasteiger partial charge in [-0.1, -0.05) is 6.07 Å². The fourth-order valence-electron chi connectivity index (χ4n) is 2.32. The van der Waals surface area contributed by atoms with Crippen molar-refractivity contribution in [3.8, 4) is 0 Å². The number of hydrogen-bond donors (Lipinski definition) is 1. The van der Waals surface area contributed by atoms with Gasteiger partial charge >= 0.3 is 0 Å². The van der Waals surface area contributed by atoms with E-state index in [0.717, 1.165) is 12.1 Å². The second kappa shape index (κ2) is 6.78. The van der Waals surface area contributed by atoms with Crippen LogP contribution in [0.25, 0.3) is 0 Å². The smallest absolute Gasteiger partial charge is 0.218 e. The van der Waals surface area contributed by atoms with Crippen molar-refractivity contribution >= 4 is 10.0 Å². The summed E-state index contributed by atoms with van der Waals surface area (Å²) in [6.45, 7) is 2.04. The van der Waals surface area contributed by atoms with Crippen LogP contribution in [-0.4, -0.2) is 62.1 Å². The Morgan fingerprint density at radius 3 is 2.19 bits per heavy atom. The van der Waals surface area contributed by atoms with Gasteiger partial charge in [0.15, 0.2) is 0 Å². The third-order valence-corrected chi connectivity index (χ3v) is 5.33. The molecule has 0 bridgehead atoms. The lowest BCUT2D eigenvalue weighted by atomic mass is 10.2. The molecule has 0 aliphatic carbocycles. The molecule has 1 heterocycles. The number of piperazine rings is 1. The van der Waals surface area contributed by atoms with Gasteiger partial charge in [-0.25, -0.2) is 17.2 Å². The van der Waals surface area contributed by atoms with E-state index in [2.05, 4.69) is 0 Å². The Bertz CT molecular complexity index is 567. The Kier molecular flexibility index (Phi) is 5.26. The first-order chi connectivity index (χ1) is 9.94. The normalized spacial score (nSPS) is 18.0. The number of sulfonamides is 1. The molecule has 118 valence electrons. The highest BCUT2D eigenvalue weighted by atomic mass is 32.2. The molecule has 1 aliphatic heterocycles. The first-order valence-electron chi connectivity index (χ1n) is 6.68. The van der Waals surface area contributed by atoms with Crippen LogP contribution in [0.15, 0.2) is 18.2 Å². The molecule has 1 aromatic carbocycles. The molecule has 21 heavy (non-hydrogen) atoms. The minimum Gasteiger partial charge on any atom is -0.395 e. The number of benzene rings is 1. The van der Waals surface area contributed by atoms with Crippen molar-refractivity contribution in [1.82, 2.24) is 9.21 Å². The zero-order valence-electron chi connectivity index (χ0n) is 11.5. The van der Waals surface area contributed by atoms with Gasteiger partial charge in [-0.15, -0.1) is 0 Å². The quantitative estimate of drug-likeness (QED) is 0.853. The molecule has 0 spiro atoms. The molecule has 1 N–H and O–H groups in total. The van der Waals surface area contributed by atoms with Crippen molar-refractivity contribution in [2.45, 2.75) is 5.75 Å². The van der Waals surface area contributed by atoms with Crippen LogP contribution >= 0.6 is 0 Å². The molecule has 0 atom stereocenters. The molecule has 0 saturated carbocycles. The van der Waals surface area contributed by atoms with Crippen LogP contribution in [0, 0.1) is 11.6 Å². The van der Waals surface area contributed by atoms with Crippen LogP contribution in [0.1, 0.15) is 5.56 Å². The Balaban J connectivity index is 2.06. The summed E-state index contributed by atoms with van der Waals surface area (Å²) in [5.41, 5.74) is -0.421. The van der Waals surface area contributed by atoms with E-state index < -0.39 is 33.0 Å². The first kappa shape index (κ1) is 16.3. The van der Waals surface area contributed by atoms with E-state index in [-0.39, 0.29) is 19.7 Å². The Morgan fingerprint density at radius 2 is 1.67 bits per heavy atom. The molecule has 0 radical (unpaired) electrons. The fraction of sp³-hybridized carbons (Fsp3) is 0.538. The van der Waals surface area contributed by atoms with Gasteiger partial charge in [0.25, 0.3) is 0 Å². The summed E-state index contributed by atoms with van der Waals surface area (Å²) in [7, 11) is -3.76. The van der Waals surface area contributed by atoms with Crippen molar-refractivity contribution in [1.29, 1.82) is 0 Å². The Morgan fingerprint density at radius 1 is 1.10 bits per heavy atom. The van der Waals surface area contributed by atoms with Gasteiger partial charge < -0.3 is 5.11 Å². The zero-order chi connectivity index (χ0) is 15.5. The molecular formula is C13H18F2N2O3S. The van der Waals surface area contributed by atoms with Gasteiger partial charge in [0.1, 0.15) is 11.6 Å². The summed E-state index contributed by atoms with van der Waals surface area (Å²) in [6, 6.07) is 3.30. The molecule has 1 aliphatic rings. The summed E-state index contributed by atoms with van der Waals surface area (Å²) in [6.07, 6.45) is 0. The van der Waals surface area contributed by atoms with Crippen molar-refractivity contribution in [2.75, 3.05) is 39.3 Å². The fourth-order valence-corrected chi connectivity index (χ4v) is 3.86. The second-order valence-corrected chi connectivity index (χ2v) is 6.89. The topological polar surface area (TPSA) is 60.9 Å². The van der Waals surface area contributed by atoms with Crippen molar-refractivity contribution < 1.29 is 22.3 Å². The maximum absolute atomic E-state index is 13.6. The van der Waals surface area contributed by atoms with Crippen molar-refractivity contribution in [3.63, 3.8) is 0 Å². The standard InChI is InChI=1S/C13H18F2N2O3S/c14-12-2-1-3-13(15)11(12)10-21(19,20)17-6-4-16(5-7-17)8-9-18/h1-3,18H,4-10H2. The predicted octanol–water partition coefficient (Wildman–Crippen LogP) is 0.405. The monoisotopic (exact) mass is 320 g/mol. The minimum atomic E-state index is -3.76. The van der Waals surface area contributed by atoms with Crippen LogP contribution in [0.4, 0.5) is 8.78 Å². The molecule has 0 unspecified atom stereocenters. The molecule has 8 heteroatoms. The van der Waals surface area contributed by atoms with Gasteiger partial charge in [0.2, 0.25) is 10.0 Å². The highest BCUT2D eigenvalue weighted by Gasteiger charge is 2.28. The zero-order valence-corrected chi connectivity index (χ0v) is 12.3. The van der Waals surface area contributed by atoms with Gasteiger partial charge in [-0.05, 0) is 12.1 Å². The lowest BCUT2D eigenvalue weighted by Crippen LogP contribution is -2.49. The number of halogens is 2. The maximum atomic E-state index is 13.6. The third-order valence-electron chi connectivity index (χ3n) is 3.53. The van der Waals surface area contributed by atoms with Crippen molar-refractivity contribution in [2.24, 2.45) is 0 Å². The summed E-state index contributed by atoms with van der Waals surface area (Å²) >= 11 is 0. The Hall–Kier alpha value is -1.09. The molecule has 0 amide bonds. The number of hydrogen-bond acceptors (Lipinski definition) is 4. The second-order valence-electron chi connectivity index (χ2n) is 4.92. The number of aliphatic hydroxyl groups is 1. The van der Waals surface area contributed by atoms with Gasteiger partial charge in [-0.3, -0.25) is 4.90 Å². The van der Waals surface area contributed by atoms with Crippen LogP contribution in [-0.2, 0) is 15.8 Å². The molecule has 1 aromatic rings. The van der Waals surface area contributed by atoms with E-state index in [4.69, 9.17) is 5.11 Å². The summed E-state index contributed by atoms with van der Waals surface area (Å²) in [4.78, 5) is 1.94. The van der Waals surface area contributed by atoms with Gasteiger partial charge in [-0.2, -0.15) is 4.31 Å². The van der Waals surface area contributed by atoms with Gasteiger partial charge in [0, 0.05) is 38.3 Å². The lowest BCUT2D eigenvalue weighted by Gasteiger charge is -2.33. The number of aliphatic hydroxyl groups excluding tert-OH is 1. The minimum absolute atomic E-state index is 0.0210. The van der Waals surface area contributed by atoms with E-state index >= 15 is 0 Å².